The third-order valence-electron chi connectivity index (χ3n) is 3.54. The predicted octanol–water partition coefficient (Wildman–Crippen LogP) is 1.16. The second-order valence-electron chi connectivity index (χ2n) is 4.80. The van der Waals surface area contributed by atoms with Crippen LogP contribution in [0.25, 0.3) is 0 Å². The largest absolute Gasteiger partial charge is 0.326 e. The highest BCUT2D eigenvalue weighted by Gasteiger charge is 2.26. The van der Waals surface area contributed by atoms with Gasteiger partial charge in [0, 0.05) is 30.7 Å². The lowest BCUT2D eigenvalue weighted by Gasteiger charge is -2.25. The van der Waals surface area contributed by atoms with E-state index in [1.54, 1.807) is 0 Å². The molecular weight excluding hydrogens is 220 g/mol. The number of nitrogens with zero attached hydrogens (tertiary/aromatic N) is 3. The lowest BCUT2D eigenvalue weighted by Crippen LogP contribution is -2.33. The number of aryl methyl sites for hydroxylation is 1. The van der Waals surface area contributed by atoms with E-state index in [9.17, 15) is 0 Å². The van der Waals surface area contributed by atoms with Crippen molar-refractivity contribution < 1.29 is 0 Å². The molecule has 4 nitrogen and oxygen atoms in total. The van der Waals surface area contributed by atoms with Gasteiger partial charge in [-0.15, -0.1) is 10.2 Å². The molecule has 0 radical (unpaired) electrons. The molecule has 0 amide bonds. The second-order valence-corrected chi connectivity index (χ2v) is 5.95. The number of fused-ring (bicyclic) bond motifs is 1. The van der Waals surface area contributed by atoms with Crippen LogP contribution >= 0.6 is 11.8 Å². The summed E-state index contributed by atoms with van der Waals surface area (Å²) in [5, 5.41) is 8.71. The Balaban J connectivity index is 1.86. The first-order valence-electron chi connectivity index (χ1n) is 6.10. The lowest BCUT2D eigenvalue weighted by molar-refractivity contribution is 0.432. The first-order chi connectivity index (χ1) is 7.84. The van der Waals surface area contributed by atoms with Crippen LogP contribution in [0, 0.1) is 0 Å². The smallest absolute Gasteiger partial charge is 0.137 e. The molecule has 2 atom stereocenters. The van der Waals surface area contributed by atoms with Crippen molar-refractivity contribution in [2.24, 2.45) is 5.73 Å². The van der Waals surface area contributed by atoms with E-state index in [2.05, 4.69) is 14.8 Å². The van der Waals surface area contributed by atoms with Gasteiger partial charge in [0.2, 0.25) is 0 Å². The van der Waals surface area contributed by atoms with E-state index in [1.165, 1.54) is 30.2 Å². The molecule has 2 aliphatic rings. The molecule has 1 aromatic heterocycles. The standard InChI is InChI=1S/C11H18N4S/c12-9-3-4-10-13-14-11(15(10)6-9)8-2-1-5-16-7-8/h8-9H,1-7,12H2. The van der Waals surface area contributed by atoms with Crippen molar-refractivity contribution in [1.29, 1.82) is 0 Å². The number of rotatable bonds is 1. The molecular formula is C11H18N4S. The van der Waals surface area contributed by atoms with E-state index in [0.29, 0.717) is 12.0 Å². The van der Waals surface area contributed by atoms with Gasteiger partial charge in [-0.3, -0.25) is 0 Å². The molecule has 1 saturated heterocycles. The van der Waals surface area contributed by atoms with Gasteiger partial charge in [0.05, 0.1) is 0 Å². The fourth-order valence-corrected chi connectivity index (χ4v) is 3.76. The molecule has 88 valence electrons. The van der Waals surface area contributed by atoms with Crippen LogP contribution in [-0.4, -0.2) is 32.3 Å². The van der Waals surface area contributed by atoms with Crippen LogP contribution in [0.15, 0.2) is 0 Å². The van der Waals surface area contributed by atoms with E-state index >= 15 is 0 Å². The van der Waals surface area contributed by atoms with Crippen LogP contribution in [0.5, 0.6) is 0 Å². The Bertz CT molecular complexity index is 370. The minimum atomic E-state index is 0.290. The molecule has 2 aliphatic heterocycles. The molecule has 3 heterocycles. The van der Waals surface area contributed by atoms with Gasteiger partial charge in [0.25, 0.3) is 0 Å². The molecule has 0 aliphatic carbocycles. The molecule has 3 rings (SSSR count). The molecule has 5 heteroatoms. The van der Waals surface area contributed by atoms with Gasteiger partial charge in [0.1, 0.15) is 11.6 Å². The molecule has 0 spiro atoms. The quantitative estimate of drug-likeness (QED) is 0.797. The predicted molar refractivity (Wildman–Crippen MR) is 65.6 cm³/mol. The van der Waals surface area contributed by atoms with Crippen LogP contribution in [-0.2, 0) is 13.0 Å². The topological polar surface area (TPSA) is 56.7 Å². The molecule has 16 heavy (non-hydrogen) atoms. The summed E-state index contributed by atoms with van der Waals surface area (Å²) in [4.78, 5) is 0. The van der Waals surface area contributed by atoms with Gasteiger partial charge in [-0.05, 0) is 25.0 Å². The van der Waals surface area contributed by atoms with Gasteiger partial charge in [0.15, 0.2) is 0 Å². The number of nitrogens with two attached hydrogens (primary N) is 1. The van der Waals surface area contributed by atoms with Crippen LogP contribution < -0.4 is 5.73 Å². The molecule has 2 unspecified atom stereocenters. The summed E-state index contributed by atoms with van der Waals surface area (Å²) in [5.74, 6) is 5.44. The molecule has 0 saturated carbocycles. The number of thioether (sulfide) groups is 1. The highest BCUT2D eigenvalue weighted by molar-refractivity contribution is 7.99. The van der Waals surface area contributed by atoms with Crippen LogP contribution in [0.4, 0.5) is 0 Å². The first-order valence-corrected chi connectivity index (χ1v) is 7.25. The molecule has 0 aromatic carbocycles. The SMILES string of the molecule is NC1CCc2nnc(C3CCCSC3)n2C1. The van der Waals surface area contributed by atoms with Crippen molar-refractivity contribution in [3.05, 3.63) is 11.6 Å². The molecule has 2 N–H and O–H groups in total. The minimum Gasteiger partial charge on any atom is -0.326 e. The van der Waals surface area contributed by atoms with Gasteiger partial charge < -0.3 is 10.3 Å². The Morgan fingerprint density at radius 2 is 2.25 bits per heavy atom. The Hall–Kier alpha value is -0.550. The average molecular weight is 238 g/mol. The number of hydrogen-bond acceptors (Lipinski definition) is 4. The van der Waals surface area contributed by atoms with Gasteiger partial charge in [-0.1, -0.05) is 0 Å². The summed E-state index contributed by atoms with van der Waals surface area (Å²) in [7, 11) is 0. The zero-order chi connectivity index (χ0) is 11.0. The average Bonchev–Trinajstić information content (AvgIpc) is 2.73. The Morgan fingerprint density at radius 3 is 3.06 bits per heavy atom. The van der Waals surface area contributed by atoms with Crippen LogP contribution in [0.1, 0.15) is 36.8 Å². The number of hydrogen-bond donors (Lipinski definition) is 1. The summed E-state index contributed by atoms with van der Waals surface area (Å²) < 4.78 is 2.28. The van der Waals surface area contributed by atoms with E-state index in [0.717, 1.165) is 25.2 Å². The maximum atomic E-state index is 6.03. The van der Waals surface area contributed by atoms with Crippen LogP contribution in [0.2, 0.25) is 0 Å². The van der Waals surface area contributed by atoms with Crippen molar-refractivity contribution in [2.75, 3.05) is 11.5 Å². The second kappa shape index (κ2) is 4.37. The van der Waals surface area contributed by atoms with Crippen molar-refractivity contribution in [2.45, 2.75) is 44.2 Å². The summed E-state index contributed by atoms with van der Waals surface area (Å²) in [6, 6.07) is 0.290. The van der Waals surface area contributed by atoms with E-state index in [-0.39, 0.29) is 0 Å². The Labute approximate surface area is 100.0 Å². The zero-order valence-corrected chi connectivity index (χ0v) is 10.2. The molecule has 1 fully saturated rings. The third kappa shape index (κ3) is 1.86. The van der Waals surface area contributed by atoms with Crippen molar-refractivity contribution >= 4 is 11.8 Å². The van der Waals surface area contributed by atoms with Crippen molar-refractivity contribution in [3.63, 3.8) is 0 Å². The van der Waals surface area contributed by atoms with Crippen LogP contribution in [0.3, 0.4) is 0 Å². The molecule has 1 aromatic rings. The first kappa shape index (κ1) is 10.6. The lowest BCUT2D eigenvalue weighted by atomic mass is 10.0. The highest BCUT2D eigenvalue weighted by Crippen LogP contribution is 2.31. The monoisotopic (exact) mass is 238 g/mol. The normalized spacial score (nSPS) is 30.1. The summed E-state index contributed by atoms with van der Waals surface area (Å²) in [5.41, 5.74) is 6.03. The maximum absolute atomic E-state index is 6.03. The van der Waals surface area contributed by atoms with Gasteiger partial charge in [-0.2, -0.15) is 11.8 Å². The van der Waals surface area contributed by atoms with E-state index in [1.807, 2.05) is 11.8 Å². The fourth-order valence-electron chi connectivity index (χ4n) is 2.62. The minimum absolute atomic E-state index is 0.290. The maximum Gasteiger partial charge on any atom is 0.137 e. The summed E-state index contributed by atoms with van der Waals surface area (Å²) in [6.07, 6.45) is 4.62. The van der Waals surface area contributed by atoms with Gasteiger partial charge >= 0.3 is 0 Å². The molecule has 0 bridgehead atoms. The Morgan fingerprint density at radius 1 is 1.31 bits per heavy atom. The summed E-state index contributed by atoms with van der Waals surface area (Å²) in [6.45, 7) is 0.916. The highest BCUT2D eigenvalue weighted by atomic mass is 32.2. The zero-order valence-electron chi connectivity index (χ0n) is 9.43. The number of aromatic nitrogens is 3. The van der Waals surface area contributed by atoms with Gasteiger partial charge in [-0.25, -0.2) is 0 Å². The fraction of sp³-hybridized carbons (Fsp3) is 0.818. The Kier molecular flexibility index (Phi) is 2.90. The van der Waals surface area contributed by atoms with Crippen molar-refractivity contribution in [3.8, 4) is 0 Å². The summed E-state index contributed by atoms with van der Waals surface area (Å²) >= 11 is 2.04. The van der Waals surface area contributed by atoms with Crippen molar-refractivity contribution in [1.82, 2.24) is 14.8 Å². The van der Waals surface area contributed by atoms with E-state index in [4.69, 9.17) is 5.73 Å². The third-order valence-corrected chi connectivity index (χ3v) is 4.75. The van der Waals surface area contributed by atoms with E-state index < -0.39 is 0 Å².